The van der Waals surface area contributed by atoms with Gasteiger partial charge in [-0.1, -0.05) is 45.4 Å². The third-order valence-electron chi connectivity index (χ3n) is 3.90. The highest BCUT2D eigenvalue weighted by Crippen LogP contribution is 2.33. The first-order chi connectivity index (χ1) is 9.40. The molecule has 1 saturated carbocycles. The van der Waals surface area contributed by atoms with Crippen LogP contribution in [0.3, 0.4) is 0 Å². The van der Waals surface area contributed by atoms with Crippen LogP contribution in [0.4, 0.5) is 0 Å². The summed E-state index contributed by atoms with van der Waals surface area (Å²) in [6.45, 7) is 12.0. The number of benzene rings is 1. The third kappa shape index (κ3) is 4.24. The van der Waals surface area contributed by atoms with Crippen molar-refractivity contribution in [1.82, 2.24) is 5.32 Å². The molecule has 0 saturated heterocycles. The molecule has 0 heterocycles. The van der Waals surface area contributed by atoms with Gasteiger partial charge in [0.1, 0.15) is 11.9 Å². The van der Waals surface area contributed by atoms with E-state index in [9.17, 15) is 0 Å². The predicted molar refractivity (Wildman–Crippen MR) is 85.6 cm³/mol. The molecule has 1 fully saturated rings. The topological polar surface area (TPSA) is 21.3 Å². The number of nitrogens with one attached hydrogen (secondary N) is 1. The molecule has 1 aromatic rings. The maximum atomic E-state index is 6.29. The van der Waals surface area contributed by atoms with Crippen LogP contribution in [0, 0.1) is 6.92 Å². The molecule has 2 nitrogen and oxygen atoms in total. The number of hydrogen-bond donors (Lipinski definition) is 1. The maximum absolute atomic E-state index is 6.29. The smallest absolute Gasteiger partial charge is 0.123 e. The van der Waals surface area contributed by atoms with E-state index in [2.05, 4.69) is 58.1 Å². The van der Waals surface area contributed by atoms with Gasteiger partial charge in [0, 0.05) is 12.6 Å². The molecule has 0 aromatic heterocycles. The van der Waals surface area contributed by atoms with Gasteiger partial charge in [0.25, 0.3) is 0 Å². The molecule has 2 rings (SSSR count). The summed E-state index contributed by atoms with van der Waals surface area (Å²) in [7, 11) is 0. The van der Waals surface area contributed by atoms with Gasteiger partial charge >= 0.3 is 0 Å². The van der Waals surface area contributed by atoms with Crippen LogP contribution < -0.4 is 10.1 Å². The van der Waals surface area contributed by atoms with Crippen LogP contribution in [0.1, 0.15) is 58.1 Å². The summed E-state index contributed by atoms with van der Waals surface area (Å²) >= 11 is 0. The molecule has 1 unspecified atom stereocenters. The van der Waals surface area contributed by atoms with Gasteiger partial charge in [-0.3, -0.25) is 0 Å². The van der Waals surface area contributed by atoms with E-state index in [-0.39, 0.29) is 11.5 Å². The van der Waals surface area contributed by atoms with Gasteiger partial charge in [0.05, 0.1) is 0 Å². The van der Waals surface area contributed by atoms with Crippen molar-refractivity contribution in [2.24, 2.45) is 0 Å². The fourth-order valence-electron chi connectivity index (χ4n) is 2.37. The number of ether oxygens (including phenoxy) is 1. The lowest BCUT2D eigenvalue weighted by molar-refractivity contribution is 0.189. The first kappa shape index (κ1) is 15.4. The summed E-state index contributed by atoms with van der Waals surface area (Å²) in [6.07, 6.45) is 3.96. The monoisotopic (exact) mass is 275 g/mol. The van der Waals surface area contributed by atoms with E-state index in [0.29, 0.717) is 0 Å². The van der Waals surface area contributed by atoms with Gasteiger partial charge in [0.15, 0.2) is 0 Å². The fraction of sp³-hybridized carbons (Fsp3) is 0.667. The van der Waals surface area contributed by atoms with E-state index in [1.54, 1.807) is 0 Å². The first-order valence-electron chi connectivity index (χ1n) is 7.91. The average Bonchev–Trinajstić information content (AvgIpc) is 3.19. The lowest BCUT2D eigenvalue weighted by atomic mass is 9.85. The van der Waals surface area contributed by atoms with Crippen molar-refractivity contribution in [1.29, 1.82) is 0 Å². The second-order valence-electron chi connectivity index (χ2n) is 7.08. The molecule has 0 bridgehead atoms. The largest absolute Gasteiger partial charge is 0.489 e. The molecule has 1 atom stereocenters. The summed E-state index contributed by atoms with van der Waals surface area (Å²) in [6, 6.07) is 7.28. The standard InChI is InChI=1S/C18H29NO/c1-6-15(12-19-14-8-9-14)20-17-10-7-13(2)11-16(17)18(3,4)5/h7,10-11,14-15,19H,6,8-9,12H2,1-5H3. The Morgan fingerprint density at radius 2 is 2.00 bits per heavy atom. The molecular weight excluding hydrogens is 246 g/mol. The zero-order chi connectivity index (χ0) is 14.8. The van der Waals surface area contributed by atoms with Gasteiger partial charge in [-0.25, -0.2) is 0 Å². The van der Waals surface area contributed by atoms with Crippen LogP contribution >= 0.6 is 0 Å². The van der Waals surface area contributed by atoms with E-state index < -0.39 is 0 Å². The van der Waals surface area contributed by atoms with Crippen molar-refractivity contribution >= 4 is 0 Å². The minimum Gasteiger partial charge on any atom is -0.489 e. The minimum atomic E-state index is 0.115. The fourth-order valence-corrected chi connectivity index (χ4v) is 2.37. The molecule has 0 spiro atoms. The lowest BCUT2D eigenvalue weighted by Gasteiger charge is -2.26. The molecule has 20 heavy (non-hydrogen) atoms. The molecular formula is C18H29NO. The Kier molecular flexibility index (Phi) is 4.74. The minimum absolute atomic E-state index is 0.115. The first-order valence-corrected chi connectivity index (χ1v) is 7.91. The number of rotatable bonds is 6. The summed E-state index contributed by atoms with van der Waals surface area (Å²) in [5.74, 6) is 1.05. The zero-order valence-electron chi connectivity index (χ0n) is 13.6. The van der Waals surface area contributed by atoms with E-state index >= 15 is 0 Å². The number of aryl methyl sites for hydroxylation is 1. The van der Waals surface area contributed by atoms with Crippen molar-refractivity contribution in [3.8, 4) is 5.75 Å². The summed E-state index contributed by atoms with van der Waals surface area (Å²) < 4.78 is 6.29. The Hall–Kier alpha value is -1.02. The molecule has 2 heteroatoms. The van der Waals surface area contributed by atoms with Crippen LogP contribution in [0.2, 0.25) is 0 Å². The molecule has 0 radical (unpaired) electrons. The van der Waals surface area contributed by atoms with Crippen LogP contribution in [0.25, 0.3) is 0 Å². The highest BCUT2D eigenvalue weighted by Gasteiger charge is 2.24. The molecule has 1 aliphatic carbocycles. The zero-order valence-corrected chi connectivity index (χ0v) is 13.6. The highest BCUT2D eigenvalue weighted by atomic mass is 16.5. The number of hydrogen-bond acceptors (Lipinski definition) is 2. The van der Waals surface area contributed by atoms with Crippen LogP contribution in [0.5, 0.6) is 5.75 Å². The van der Waals surface area contributed by atoms with Gasteiger partial charge in [0.2, 0.25) is 0 Å². The van der Waals surface area contributed by atoms with Crippen molar-refractivity contribution in [2.45, 2.75) is 71.4 Å². The SMILES string of the molecule is CCC(CNC1CC1)Oc1ccc(C)cc1C(C)(C)C. The van der Waals surface area contributed by atoms with Gasteiger partial charge in [-0.05, 0) is 43.2 Å². The lowest BCUT2D eigenvalue weighted by Crippen LogP contribution is -2.32. The molecule has 1 N–H and O–H groups in total. The molecule has 112 valence electrons. The van der Waals surface area contributed by atoms with Crippen LogP contribution in [-0.2, 0) is 5.41 Å². The Balaban J connectivity index is 2.09. The second kappa shape index (κ2) is 6.17. The van der Waals surface area contributed by atoms with Crippen molar-refractivity contribution in [2.75, 3.05) is 6.54 Å². The van der Waals surface area contributed by atoms with E-state index in [1.807, 2.05) is 0 Å². The van der Waals surface area contributed by atoms with Gasteiger partial charge in [-0.2, -0.15) is 0 Å². The maximum Gasteiger partial charge on any atom is 0.123 e. The molecule has 1 aliphatic rings. The van der Waals surface area contributed by atoms with Crippen LogP contribution in [-0.4, -0.2) is 18.7 Å². The summed E-state index contributed by atoms with van der Waals surface area (Å²) in [5, 5.41) is 3.57. The molecule has 0 amide bonds. The van der Waals surface area contributed by atoms with Gasteiger partial charge < -0.3 is 10.1 Å². The summed E-state index contributed by atoms with van der Waals surface area (Å²) in [4.78, 5) is 0. The van der Waals surface area contributed by atoms with E-state index in [0.717, 1.165) is 24.8 Å². The molecule has 1 aromatic carbocycles. The Morgan fingerprint density at radius 3 is 2.55 bits per heavy atom. The van der Waals surface area contributed by atoms with Crippen molar-refractivity contribution in [3.05, 3.63) is 29.3 Å². The van der Waals surface area contributed by atoms with Gasteiger partial charge in [-0.15, -0.1) is 0 Å². The Labute approximate surface area is 123 Å². The van der Waals surface area contributed by atoms with E-state index in [1.165, 1.54) is 24.0 Å². The summed E-state index contributed by atoms with van der Waals surface area (Å²) in [5.41, 5.74) is 2.72. The quantitative estimate of drug-likeness (QED) is 0.840. The highest BCUT2D eigenvalue weighted by molar-refractivity contribution is 5.41. The van der Waals surface area contributed by atoms with Crippen LogP contribution in [0.15, 0.2) is 18.2 Å². The third-order valence-corrected chi connectivity index (χ3v) is 3.90. The second-order valence-corrected chi connectivity index (χ2v) is 7.08. The van der Waals surface area contributed by atoms with Crippen molar-refractivity contribution < 1.29 is 4.74 Å². The Bertz CT molecular complexity index is 443. The Morgan fingerprint density at radius 1 is 1.30 bits per heavy atom. The van der Waals surface area contributed by atoms with E-state index in [4.69, 9.17) is 4.74 Å². The average molecular weight is 275 g/mol. The predicted octanol–water partition coefficient (Wildman–Crippen LogP) is 4.20. The molecule has 0 aliphatic heterocycles. The van der Waals surface area contributed by atoms with Crippen molar-refractivity contribution in [3.63, 3.8) is 0 Å². The normalized spacial score (nSPS) is 17.1.